The Labute approximate surface area is 103 Å². The van der Waals surface area contributed by atoms with E-state index in [-0.39, 0.29) is 0 Å². The monoisotopic (exact) mass is 261 g/mol. The maximum absolute atomic E-state index is 10.8. The zero-order chi connectivity index (χ0) is 12.5. The molecule has 0 atom stereocenters. The predicted octanol–water partition coefficient (Wildman–Crippen LogP) is 0.999. The van der Waals surface area contributed by atoms with Crippen LogP contribution in [-0.4, -0.2) is 77.1 Å². The first kappa shape index (κ1) is 13.1. The van der Waals surface area contributed by atoms with E-state index in [4.69, 9.17) is 5.11 Å². The van der Waals surface area contributed by atoms with Gasteiger partial charge in [-0.3, -0.25) is 4.90 Å². The molecule has 0 aliphatic carbocycles. The van der Waals surface area contributed by atoms with Crippen LogP contribution < -0.4 is 0 Å². The number of carboxylic acid groups (broad SMARTS) is 1. The van der Waals surface area contributed by atoms with Gasteiger partial charge in [0.2, 0.25) is 0 Å². The quantitative estimate of drug-likeness (QED) is 0.691. The van der Waals surface area contributed by atoms with Crippen molar-refractivity contribution >= 4 is 13.6 Å². The molecule has 1 radical (unpaired) electrons. The van der Waals surface area contributed by atoms with E-state index in [9.17, 15) is 9.69 Å². The fourth-order valence-electron chi connectivity index (χ4n) is 2.70. The van der Waals surface area contributed by atoms with E-state index in [0.717, 1.165) is 38.3 Å². The van der Waals surface area contributed by atoms with Gasteiger partial charge >= 0.3 is 6.09 Å². The molecule has 2 fully saturated rings. The van der Waals surface area contributed by atoms with Crippen molar-refractivity contribution in [3.8, 4) is 0 Å². The van der Waals surface area contributed by atoms with Gasteiger partial charge < -0.3 is 14.9 Å². The number of nitrogens with zero attached hydrogens (tertiary/aromatic N) is 2. The second-order valence-electron chi connectivity index (χ2n) is 5.32. The van der Waals surface area contributed by atoms with Gasteiger partial charge in [0.05, 0.1) is 0 Å². The molecule has 0 unspecified atom stereocenters. The minimum Gasteiger partial charge on any atom is -0.465 e. The lowest BCUT2D eigenvalue weighted by atomic mass is 10.0. The summed E-state index contributed by atoms with van der Waals surface area (Å²) >= 11 is 0. The van der Waals surface area contributed by atoms with Crippen LogP contribution in [0.2, 0.25) is 0 Å². The number of hydrogen-bond acceptors (Lipinski definition) is 3. The Morgan fingerprint density at radius 1 is 1.18 bits per heavy atom. The standard InChI is InChI=1S/C11H22N2O3P/c1-17(16)8-6-12(7-9-17)10-2-4-13(5-3-10)11(14)15/h10,16H,2-9H2,1H3,(H,14,15). The van der Waals surface area contributed by atoms with Crippen molar-refractivity contribution in [3.05, 3.63) is 0 Å². The first-order valence-electron chi connectivity index (χ1n) is 6.27. The summed E-state index contributed by atoms with van der Waals surface area (Å²) in [5.74, 6) is 0. The van der Waals surface area contributed by atoms with Gasteiger partial charge in [-0.05, 0) is 39.3 Å². The molecule has 2 N–H and O–H groups in total. The summed E-state index contributed by atoms with van der Waals surface area (Å²) in [6.45, 7) is 5.29. The number of amides is 1. The number of piperidine rings is 1. The van der Waals surface area contributed by atoms with Crippen molar-refractivity contribution in [1.82, 2.24) is 9.80 Å². The highest BCUT2D eigenvalue weighted by Gasteiger charge is 2.32. The average molecular weight is 261 g/mol. The van der Waals surface area contributed by atoms with Gasteiger partial charge in [0.1, 0.15) is 0 Å². The SMILES string of the molecule is C[P]1(O)CCN(C2CCN(C(=O)O)CC2)CC1. The first-order chi connectivity index (χ1) is 7.98. The molecule has 2 aliphatic rings. The van der Waals surface area contributed by atoms with Crippen LogP contribution in [0.5, 0.6) is 0 Å². The van der Waals surface area contributed by atoms with Gasteiger partial charge in [-0.2, -0.15) is 0 Å². The molecular weight excluding hydrogens is 239 g/mol. The molecule has 0 spiro atoms. The van der Waals surface area contributed by atoms with Crippen LogP contribution in [0, 0.1) is 0 Å². The van der Waals surface area contributed by atoms with Gasteiger partial charge in [-0.15, -0.1) is 0 Å². The van der Waals surface area contributed by atoms with E-state index >= 15 is 0 Å². The molecule has 2 saturated heterocycles. The van der Waals surface area contributed by atoms with Crippen molar-refractivity contribution < 1.29 is 14.8 Å². The lowest BCUT2D eigenvalue weighted by Gasteiger charge is -2.43. The van der Waals surface area contributed by atoms with Crippen LogP contribution in [0.15, 0.2) is 0 Å². The molecule has 6 heteroatoms. The lowest BCUT2D eigenvalue weighted by Crippen LogP contribution is -2.49. The molecular formula is C11H22N2O3P. The third kappa shape index (κ3) is 3.30. The predicted molar refractivity (Wildman–Crippen MR) is 69.0 cm³/mol. The summed E-state index contributed by atoms with van der Waals surface area (Å²) in [6.07, 6.45) is 2.95. The van der Waals surface area contributed by atoms with Gasteiger partial charge in [0.25, 0.3) is 0 Å². The van der Waals surface area contributed by atoms with Crippen molar-refractivity contribution in [2.24, 2.45) is 0 Å². The molecule has 0 aromatic carbocycles. The van der Waals surface area contributed by atoms with Crippen LogP contribution in [0.25, 0.3) is 0 Å². The van der Waals surface area contributed by atoms with Crippen molar-refractivity contribution in [1.29, 1.82) is 0 Å². The van der Waals surface area contributed by atoms with E-state index < -0.39 is 13.6 Å². The minimum absolute atomic E-state index is 0.519. The smallest absolute Gasteiger partial charge is 0.407 e. The Morgan fingerprint density at radius 2 is 1.71 bits per heavy atom. The fourth-order valence-corrected chi connectivity index (χ4v) is 4.30. The van der Waals surface area contributed by atoms with Crippen molar-refractivity contribution in [2.45, 2.75) is 18.9 Å². The molecule has 2 aliphatic heterocycles. The zero-order valence-electron chi connectivity index (χ0n) is 10.4. The summed E-state index contributed by atoms with van der Waals surface area (Å²) in [4.78, 5) is 24.8. The third-order valence-corrected chi connectivity index (χ3v) is 6.32. The summed E-state index contributed by atoms with van der Waals surface area (Å²) in [5.41, 5.74) is 0. The van der Waals surface area contributed by atoms with E-state index in [2.05, 4.69) is 4.90 Å². The van der Waals surface area contributed by atoms with E-state index in [1.165, 1.54) is 4.90 Å². The summed E-state index contributed by atoms with van der Waals surface area (Å²) < 4.78 is 0. The van der Waals surface area contributed by atoms with E-state index in [1.54, 1.807) is 0 Å². The summed E-state index contributed by atoms with van der Waals surface area (Å²) in [5, 5.41) is 8.89. The summed E-state index contributed by atoms with van der Waals surface area (Å²) in [6, 6.07) is 0.519. The summed E-state index contributed by atoms with van der Waals surface area (Å²) in [7, 11) is -1.60. The molecule has 0 saturated carbocycles. The van der Waals surface area contributed by atoms with Gasteiger partial charge in [-0.25, -0.2) is 4.79 Å². The van der Waals surface area contributed by atoms with Crippen molar-refractivity contribution in [3.63, 3.8) is 0 Å². The highest BCUT2D eigenvalue weighted by molar-refractivity contribution is 7.69. The first-order valence-corrected chi connectivity index (χ1v) is 8.83. The Bertz CT molecular complexity index is 280. The zero-order valence-corrected chi connectivity index (χ0v) is 11.3. The van der Waals surface area contributed by atoms with Crippen LogP contribution in [0.4, 0.5) is 4.79 Å². The molecule has 17 heavy (non-hydrogen) atoms. The van der Waals surface area contributed by atoms with E-state index in [0.29, 0.717) is 19.1 Å². The Hall–Kier alpha value is -0.380. The normalized spacial score (nSPS) is 27.1. The fraction of sp³-hybridized carbons (Fsp3) is 0.909. The number of likely N-dealkylation sites (tertiary alicyclic amines) is 1. The van der Waals surface area contributed by atoms with E-state index in [1.807, 2.05) is 6.66 Å². The number of hydrogen-bond donors (Lipinski definition) is 2. The molecule has 99 valence electrons. The second kappa shape index (κ2) is 5.09. The Kier molecular flexibility index (Phi) is 3.91. The molecule has 5 nitrogen and oxygen atoms in total. The molecule has 1 amide bonds. The highest BCUT2D eigenvalue weighted by Crippen LogP contribution is 2.52. The van der Waals surface area contributed by atoms with Crippen LogP contribution in [0.1, 0.15) is 12.8 Å². The highest BCUT2D eigenvalue weighted by atomic mass is 31.2. The number of rotatable bonds is 1. The molecule has 2 rings (SSSR count). The third-order valence-electron chi connectivity index (χ3n) is 3.99. The van der Waals surface area contributed by atoms with Gasteiger partial charge in [0.15, 0.2) is 0 Å². The van der Waals surface area contributed by atoms with Crippen LogP contribution in [-0.2, 0) is 0 Å². The van der Waals surface area contributed by atoms with Crippen LogP contribution >= 0.6 is 7.49 Å². The molecule has 2 heterocycles. The Morgan fingerprint density at radius 3 is 2.18 bits per heavy atom. The molecule has 0 bridgehead atoms. The second-order valence-corrected chi connectivity index (χ2v) is 8.90. The molecule has 0 aromatic rings. The van der Waals surface area contributed by atoms with Gasteiger partial charge in [0, 0.05) is 32.2 Å². The number of carbonyl (C=O) groups is 1. The lowest BCUT2D eigenvalue weighted by molar-refractivity contribution is 0.0983. The molecule has 0 aromatic heterocycles. The minimum atomic E-state index is -1.60. The van der Waals surface area contributed by atoms with Gasteiger partial charge in [-0.1, -0.05) is 0 Å². The topological polar surface area (TPSA) is 64.0 Å². The largest absolute Gasteiger partial charge is 0.465 e. The maximum atomic E-state index is 10.8. The van der Waals surface area contributed by atoms with Crippen molar-refractivity contribution in [2.75, 3.05) is 45.2 Å². The average Bonchev–Trinajstić information content (AvgIpc) is 2.29. The van der Waals surface area contributed by atoms with Crippen LogP contribution in [0.3, 0.4) is 0 Å². The maximum Gasteiger partial charge on any atom is 0.407 e. The Balaban J connectivity index is 1.80.